The fourth-order valence-electron chi connectivity index (χ4n) is 4.92. The molecule has 1 aliphatic heterocycles. The summed E-state index contributed by atoms with van der Waals surface area (Å²) in [5.74, 6) is -3.77. The monoisotopic (exact) mass is 654 g/mol. The zero-order valence-electron chi connectivity index (χ0n) is 26.5. The summed E-state index contributed by atoms with van der Waals surface area (Å²) >= 11 is 0. The van der Waals surface area contributed by atoms with E-state index in [1.54, 1.807) is 59.5 Å². The molecule has 1 heterocycles. The lowest BCUT2D eigenvalue weighted by atomic mass is 10.00. The summed E-state index contributed by atoms with van der Waals surface area (Å²) in [5, 5.41) is 5.69. The number of nitrogens with zero attached hydrogens (tertiary/aromatic N) is 2. The van der Waals surface area contributed by atoms with E-state index >= 15 is 0 Å². The van der Waals surface area contributed by atoms with Crippen molar-refractivity contribution in [3.8, 4) is 0 Å². The second-order valence-corrected chi connectivity index (χ2v) is 11.2. The number of primary amides is 1. The molecular formula is C35H38N6O7. The number of hydrazine groups is 1. The van der Waals surface area contributed by atoms with Crippen molar-refractivity contribution in [2.45, 2.75) is 45.0 Å². The topological polar surface area (TPSA) is 180 Å². The van der Waals surface area contributed by atoms with E-state index in [0.717, 1.165) is 28.8 Å². The molecule has 5 N–H and O–H groups in total. The van der Waals surface area contributed by atoms with Crippen molar-refractivity contribution in [3.63, 3.8) is 0 Å². The second-order valence-electron chi connectivity index (χ2n) is 11.2. The van der Waals surface area contributed by atoms with Crippen LogP contribution < -0.4 is 21.8 Å². The molecule has 0 unspecified atom stereocenters. The molecule has 0 fully saturated rings. The molecule has 3 aromatic carbocycles. The van der Waals surface area contributed by atoms with Crippen LogP contribution >= 0.6 is 0 Å². The summed E-state index contributed by atoms with van der Waals surface area (Å²) in [5.41, 5.74) is 11.3. The molecule has 0 spiro atoms. The highest BCUT2D eigenvalue weighted by molar-refractivity contribution is 5.99. The fraction of sp³-hybridized carbons (Fsp3) is 0.257. The number of nitrogens with one attached hydrogen (secondary N) is 3. The maximum absolute atomic E-state index is 13.5. The van der Waals surface area contributed by atoms with E-state index in [9.17, 15) is 28.8 Å². The van der Waals surface area contributed by atoms with Crippen LogP contribution in [-0.4, -0.2) is 70.7 Å². The maximum Gasteiger partial charge on any atom is 0.408 e. The average molecular weight is 655 g/mol. The molecule has 4 rings (SSSR count). The summed E-state index contributed by atoms with van der Waals surface area (Å²) in [6, 6.07) is 23.2. The van der Waals surface area contributed by atoms with Crippen LogP contribution in [0.15, 0.2) is 97.1 Å². The smallest absolute Gasteiger partial charge is 0.408 e. The highest BCUT2D eigenvalue weighted by atomic mass is 16.5. The molecule has 0 aromatic heterocycles. The summed E-state index contributed by atoms with van der Waals surface area (Å²) in [6.07, 6.45) is 1.87. The summed E-state index contributed by atoms with van der Waals surface area (Å²) in [7, 11) is 0. The standard InChI is InChI=1S/C35H38N6O7/c1-24(37-35(47)48-23-26-12-6-3-7-13-26)33(45)38-29(20-25-10-4-2-5-11-25)34(46)39-41(22-30(36)42)32(44)17-16-31(43)40-19-18-27-14-8-9-15-28(27)21-40/h2-17,24,29H,18-23H2,1H3,(H2,36,42)(H,37,47)(H,38,45)(H,39,46)/b17-16+/t24-,29-/m0/s1. The van der Waals surface area contributed by atoms with Crippen molar-refractivity contribution in [2.75, 3.05) is 13.1 Å². The van der Waals surface area contributed by atoms with Crippen LogP contribution in [0, 0.1) is 0 Å². The quantitative estimate of drug-likeness (QED) is 0.169. The molecule has 0 radical (unpaired) electrons. The van der Waals surface area contributed by atoms with E-state index in [0.29, 0.717) is 30.1 Å². The first kappa shape index (κ1) is 34.9. The number of carbonyl (C=O) groups is 6. The van der Waals surface area contributed by atoms with Gasteiger partial charge in [-0.15, -0.1) is 0 Å². The van der Waals surface area contributed by atoms with E-state index in [-0.39, 0.29) is 13.0 Å². The third-order valence-corrected chi connectivity index (χ3v) is 7.49. The van der Waals surface area contributed by atoms with Crippen molar-refractivity contribution < 1.29 is 33.5 Å². The number of nitrogens with two attached hydrogens (primary N) is 1. The Labute approximate surface area is 278 Å². The highest BCUT2D eigenvalue weighted by Crippen LogP contribution is 2.18. The first-order valence-corrected chi connectivity index (χ1v) is 15.3. The minimum absolute atomic E-state index is 0.00416. The van der Waals surface area contributed by atoms with Crippen molar-refractivity contribution in [2.24, 2.45) is 5.73 Å². The molecule has 13 heteroatoms. The predicted molar refractivity (Wildman–Crippen MR) is 175 cm³/mol. The molecule has 250 valence electrons. The van der Waals surface area contributed by atoms with Gasteiger partial charge in [0.05, 0.1) is 0 Å². The Morgan fingerprint density at radius 1 is 0.833 bits per heavy atom. The lowest BCUT2D eigenvalue weighted by Gasteiger charge is -2.28. The Morgan fingerprint density at radius 2 is 1.46 bits per heavy atom. The normalized spacial score (nSPS) is 13.4. The van der Waals surface area contributed by atoms with Gasteiger partial charge in [0.2, 0.25) is 17.7 Å². The van der Waals surface area contributed by atoms with E-state index in [1.807, 2.05) is 30.3 Å². The Hall–Kier alpha value is -5.98. The minimum atomic E-state index is -1.24. The molecule has 6 amide bonds. The first-order chi connectivity index (χ1) is 23.1. The molecule has 0 saturated carbocycles. The van der Waals surface area contributed by atoms with Gasteiger partial charge in [-0.2, -0.15) is 0 Å². The summed E-state index contributed by atoms with van der Waals surface area (Å²) in [4.78, 5) is 78.3. The Balaban J connectivity index is 1.40. The zero-order valence-corrected chi connectivity index (χ0v) is 26.5. The van der Waals surface area contributed by atoms with Gasteiger partial charge in [0.25, 0.3) is 11.8 Å². The van der Waals surface area contributed by atoms with Gasteiger partial charge in [0, 0.05) is 31.7 Å². The number of fused-ring (bicyclic) bond motifs is 1. The molecule has 0 saturated heterocycles. The van der Waals surface area contributed by atoms with E-state index in [2.05, 4.69) is 16.1 Å². The summed E-state index contributed by atoms with van der Waals surface area (Å²) < 4.78 is 5.18. The van der Waals surface area contributed by atoms with Crippen LogP contribution in [0.5, 0.6) is 0 Å². The number of amides is 6. The molecular weight excluding hydrogens is 616 g/mol. The molecule has 3 aromatic rings. The van der Waals surface area contributed by atoms with Gasteiger partial charge in [0.1, 0.15) is 25.2 Å². The van der Waals surface area contributed by atoms with Crippen LogP contribution in [0.1, 0.15) is 29.2 Å². The zero-order chi connectivity index (χ0) is 34.5. The van der Waals surface area contributed by atoms with Gasteiger partial charge in [0.15, 0.2) is 0 Å². The van der Waals surface area contributed by atoms with Gasteiger partial charge >= 0.3 is 6.09 Å². The first-order valence-electron chi connectivity index (χ1n) is 15.3. The Morgan fingerprint density at radius 3 is 2.12 bits per heavy atom. The number of hydrogen-bond donors (Lipinski definition) is 4. The second kappa shape index (κ2) is 17.1. The van der Waals surface area contributed by atoms with Crippen LogP contribution in [0.25, 0.3) is 0 Å². The molecule has 0 bridgehead atoms. The third-order valence-electron chi connectivity index (χ3n) is 7.49. The number of rotatable bonds is 12. The van der Waals surface area contributed by atoms with Crippen molar-refractivity contribution in [1.29, 1.82) is 0 Å². The Kier molecular flexibility index (Phi) is 12.4. The van der Waals surface area contributed by atoms with Gasteiger partial charge in [-0.25, -0.2) is 9.80 Å². The fourth-order valence-corrected chi connectivity index (χ4v) is 4.92. The molecule has 0 aliphatic carbocycles. The third kappa shape index (κ3) is 10.5. The van der Waals surface area contributed by atoms with Crippen molar-refractivity contribution >= 4 is 35.6 Å². The van der Waals surface area contributed by atoms with Gasteiger partial charge in [-0.05, 0) is 35.6 Å². The highest BCUT2D eigenvalue weighted by Gasteiger charge is 2.28. The largest absolute Gasteiger partial charge is 0.445 e. The van der Waals surface area contributed by atoms with E-state index in [1.165, 1.54) is 6.92 Å². The van der Waals surface area contributed by atoms with Crippen molar-refractivity contribution in [3.05, 3.63) is 119 Å². The lowest BCUT2D eigenvalue weighted by molar-refractivity contribution is -0.142. The number of hydrogen-bond acceptors (Lipinski definition) is 7. The molecule has 2 atom stereocenters. The minimum Gasteiger partial charge on any atom is -0.445 e. The van der Waals surface area contributed by atoms with Crippen LogP contribution in [-0.2, 0) is 54.7 Å². The maximum atomic E-state index is 13.5. The summed E-state index contributed by atoms with van der Waals surface area (Å²) in [6.45, 7) is 1.57. The average Bonchev–Trinajstić information content (AvgIpc) is 3.09. The number of benzene rings is 3. The van der Waals surface area contributed by atoms with E-state index in [4.69, 9.17) is 10.5 Å². The number of ether oxygens (including phenoxy) is 1. The van der Waals surface area contributed by atoms with Gasteiger partial charge in [-0.3, -0.25) is 29.4 Å². The Bertz CT molecular complexity index is 1650. The number of alkyl carbamates (subject to hydrolysis) is 1. The van der Waals surface area contributed by atoms with Crippen LogP contribution in [0.4, 0.5) is 4.79 Å². The van der Waals surface area contributed by atoms with Crippen LogP contribution in [0.2, 0.25) is 0 Å². The molecule has 13 nitrogen and oxygen atoms in total. The predicted octanol–water partition coefficient (Wildman–Crippen LogP) is 1.52. The van der Waals surface area contributed by atoms with Gasteiger partial charge in [-0.1, -0.05) is 84.9 Å². The SMILES string of the molecule is C[C@H](NC(=O)OCc1ccccc1)C(=O)N[C@@H](Cc1ccccc1)C(=O)NN(CC(N)=O)C(=O)/C=C/C(=O)N1CCc2ccccc2C1. The molecule has 1 aliphatic rings. The van der Waals surface area contributed by atoms with Crippen LogP contribution in [0.3, 0.4) is 0 Å². The van der Waals surface area contributed by atoms with Crippen molar-refractivity contribution in [1.82, 2.24) is 26.0 Å². The number of carbonyl (C=O) groups excluding carboxylic acids is 6. The molecule has 48 heavy (non-hydrogen) atoms. The van der Waals surface area contributed by atoms with E-state index < -0.39 is 54.3 Å². The lowest BCUT2D eigenvalue weighted by Crippen LogP contribution is -2.58. The van der Waals surface area contributed by atoms with Gasteiger partial charge < -0.3 is 26.0 Å².